The topological polar surface area (TPSA) is 469 Å². The van der Waals surface area contributed by atoms with Crippen LogP contribution in [0.4, 0.5) is 0 Å². The van der Waals surface area contributed by atoms with Gasteiger partial charge in [0.15, 0.2) is 29.0 Å². The highest BCUT2D eigenvalue weighted by atomic mass is 32.2. The van der Waals surface area contributed by atoms with Gasteiger partial charge >= 0.3 is 0 Å². The molecule has 0 unspecified atom stereocenters. The number of amidine groups is 1. The minimum Gasteiger partial charge on any atom is -0.449 e. The number of rotatable bonds is 0. The molecular weight excluding hydrogens is 2000 g/mol. The average Bonchev–Trinajstić information content (AvgIpc) is 1.72. The molecule has 3 N–H and O–H groups in total. The lowest BCUT2D eigenvalue weighted by atomic mass is 10.3. The number of H-pyrrole nitrogens is 2. The van der Waals surface area contributed by atoms with Gasteiger partial charge < -0.3 is 32.1 Å². The maximum absolute atomic E-state index is 5.26. The van der Waals surface area contributed by atoms with Crippen LogP contribution in [-0.2, 0) is 0 Å². The van der Waals surface area contributed by atoms with E-state index in [0.29, 0.717) is 35.2 Å². The molecule has 43 heteroatoms. The lowest BCUT2D eigenvalue weighted by molar-refractivity contribution is 0.389. The normalized spacial score (nSPS) is 9.22. The average molecular weight is 2180 g/mol. The van der Waals surface area contributed by atoms with E-state index in [-0.39, 0.29) is 0 Å². The first kappa shape index (κ1) is 156. The van der Waals surface area contributed by atoms with Crippen LogP contribution in [0, 0.1) is 152 Å². The number of oxazole rings is 2. The van der Waals surface area contributed by atoms with Gasteiger partial charge in [-0.05, 0) is 208 Å². The Morgan fingerprint density at radius 1 is 0.345 bits per heavy atom. The van der Waals surface area contributed by atoms with E-state index in [9.17, 15) is 0 Å². The molecule has 18 aromatic rings. The number of thioether (sulfide) groups is 1. The molecule has 36 nitrogen and oxygen atoms in total. The second-order valence-corrected chi connectivity index (χ2v) is 32.2. The monoisotopic (exact) mass is 2180 g/mol. The van der Waals surface area contributed by atoms with Gasteiger partial charge in [-0.2, -0.15) is 43.5 Å². The Morgan fingerprint density at radius 2 is 0.899 bits per heavy atom. The van der Waals surface area contributed by atoms with Crippen LogP contribution in [0.2, 0.25) is 0 Å². The zero-order chi connectivity index (χ0) is 115. The number of hydrogen-bond acceptors (Lipinski definition) is 41. The predicted octanol–water partition coefficient (Wildman–Crippen LogP) is 31.0. The van der Waals surface area contributed by atoms with Crippen molar-refractivity contribution in [2.45, 2.75) is 332 Å². The summed E-state index contributed by atoms with van der Waals surface area (Å²) >= 11 is 11.3. The number of aromatic amines is 2. The van der Waals surface area contributed by atoms with Crippen molar-refractivity contribution in [1.29, 1.82) is 0 Å². The highest BCUT2D eigenvalue weighted by Gasteiger charge is 2.01. The van der Waals surface area contributed by atoms with Gasteiger partial charge in [0.2, 0.25) is 23.6 Å². The summed E-state index contributed by atoms with van der Waals surface area (Å²) in [4.78, 5) is 51.5. The van der Waals surface area contributed by atoms with Gasteiger partial charge in [0.25, 0.3) is 0 Å². The van der Waals surface area contributed by atoms with Crippen molar-refractivity contribution in [3.63, 3.8) is 0 Å². The number of hydrogen-bond donors (Lipinski definition) is 3. The predicted molar refractivity (Wildman–Crippen MR) is 629 cm³/mol. The van der Waals surface area contributed by atoms with Crippen molar-refractivity contribution in [2.75, 3.05) is 25.4 Å². The maximum Gasteiger partial charge on any atom is 0.223 e. The highest BCUT2D eigenvalue weighted by molar-refractivity contribution is 8.14. The largest absolute Gasteiger partial charge is 0.449 e. The minimum atomic E-state index is 0.623. The van der Waals surface area contributed by atoms with Crippen LogP contribution in [0.5, 0.6) is 0 Å². The fourth-order valence-corrected chi connectivity index (χ4v) is 11.8. The van der Waals surface area contributed by atoms with Crippen LogP contribution >= 0.6 is 80.4 Å². The van der Waals surface area contributed by atoms with Crippen molar-refractivity contribution < 1.29 is 26.8 Å². The van der Waals surface area contributed by atoms with Crippen molar-refractivity contribution in [3.05, 3.63) is 275 Å². The fourth-order valence-electron chi connectivity index (χ4n) is 7.81. The molecule has 0 saturated heterocycles. The number of aryl methyl sites for hydroxylation is 22. The van der Waals surface area contributed by atoms with E-state index in [2.05, 4.69) is 176 Å². The van der Waals surface area contributed by atoms with Gasteiger partial charge in [0.05, 0.1) is 66.6 Å². The van der Waals surface area contributed by atoms with E-state index in [1.165, 1.54) is 56.4 Å². The Balaban J connectivity index is -0.000000168. The molecule has 2 aliphatic heterocycles. The molecule has 0 fully saturated rings. The number of thiazole rings is 2. The SMILES string of the molecule is CC.CC.CC.CC.CC.CC.CC.CC.CC.CC.CC.CC.CC1=NCCN1.CC1=NCCS1.Cc1cccnn1.Cc1ccn[nH]1.Cc1ccon1.Cc1ccsn1.Cc1cnccn1.Cc1nc2ccccc2o1.Cc1nc2ccccc2s1.Cc1ncco1.Cc1nccs1.Cc1ncn[nH]1.Cc1nnc(C)o1.Cc1nnc(C)s1.Cc1noc(C)n1.Cc1noc(C)n1.Cc1nsc(C)n1.Cc1nsc(C)n1. The summed E-state index contributed by atoms with van der Waals surface area (Å²) < 4.78 is 41.6. The quantitative estimate of drug-likeness (QED) is 0.127. The summed E-state index contributed by atoms with van der Waals surface area (Å²) in [5.41, 5.74) is 7.97. The maximum atomic E-state index is 5.26. The van der Waals surface area contributed by atoms with Crippen molar-refractivity contribution in [2.24, 2.45) is 9.98 Å². The third-order valence-corrected chi connectivity index (χ3v) is 18.4. The molecule has 18 heterocycles. The van der Waals surface area contributed by atoms with Crippen LogP contribution in [0.1, 0.15) is 303 Å². The molecule has 2 aliphatic rings. The Kier molecular flexibility index (Phi) is 123. The number of nitrogens with one attached hydrogen (secondary N) is 3. The van der Waals surface area contributed by atoms with Crippen LogP contribution in [-0.4, -0.2) is 171 Å². The summed E-state index contributed by atoms with van der Waals surface area (Å²) in [6, 6.07) is 25.4. The first-order chi connectivity index (χ1) is 71.4. The van der Waals surface area contributed by atoms with E-state index in [4.69, 9.17) is 13.3 Å². The molecule has 0 atom stereocenters. The summed E-state index contributed by atoms with van der Waals surface area (Å²) in [5.74, 6) is 10.2. The molecule has 0 aliphatic carbocycles. The lowest BCUT2D eigenvalue weighted by Gasteiger charge is -1.85. The van der Waals surface area contributed by atoms with Crippen LogP contribution in [0.25, 0.3) is 21.3 Å². The fraction of sp³-hybridized carbons (Fsp3) is 0.495. The zero-order valence-electron chi connectivity index (χ0n) is 98.1. The van der Waals surface area contributed by atoms with Crippen LogP contribution in [0.3, 0.4) is 0 Å². The summed E-state index contributed by atoms with van der Waals surface area (Å²) in [6.45, 7) is 96.5. The number of fused-ring (bicyclic) bond motifs is 2. The summed E-state index contributed by atoms with van der Waals surface area (Å²) in [7, 11) is 0. The van der Waals surface area contributed by atoms with Gasteiger partial charge in [0, 0.05) is 120 Å². The number of aromatic nitrogens is 27. The number of benzene rings is 2. The lowest BCUT2D eigenvalue weighted by Crippen LogP contribution is -2.13. The van der Waals surface area contributed by atoms with Gasteiger partial charge in [-0.25, -0.2) is 29.9 Å². The molecular formula is C105H180N30O6S7. The molecule has 0 radical (unpaired) electrons. The second-order valence-electron chi connectivity index (χ2n) is 24.6. The Labute approximate surface area is 915 Å². The third kappa shape index (κ3) is 102. The smallest absolute Gasteiger partial charge is 0.223 e. The second kappa shape index (κ2) is 116. The molecule has 0 bridgehead atoms. The van der Waals surface area contributed by atoms with Crippen molar-refractivity contribution >= 4 is 113 Å². The molecule has 828 valence electrons. The number of nitrogens with zero attached hydrogens (tertiary/aromatic N) is 27. The molecule has 20 rings (SSSR count). The van der Waals surface area contributed by atoms with Crippen molar-refractivity contribution in [1.82, 2.24) is 140 Å². The highest BCUT2D eigenvalue weighted by Crippen LogP contribution is 2.20. The molecule has 0 amide bonds. The Hall–Kier alpha value is -12.4. The van der Waals surface area contributed by atoms with E-state index in [1.54, 1.807) is 144 Å². The minimum absolute atomic E-state index is 0.623. The van der Waals surface area contributed by atoms with Crippen LogP contribution < -0.4 is 5.32 Å². The standard InChI is InChI=1S/C8H7NO.C8H7NS.2C5H6N2.3C4H6N2O.3C4H6N2S.C4H8N2.C4H6N2.2C4H5NO.C4H7NS.2C4H5NS.C3H5N3.12C2H6/c2*1-6-9-7-4-2-3-5-8(7)10-6;1-5-4-6-2-3-7-5;1-5-3-2-4-6-7-5;1-3-5-6-4(2)7-3;2*1-3-5-4(2)7-6-3;1-3-5-6-4(2)7-3;2*1-3-5-4(2)7-6-3;1-4-5-2-3-6-4;1-4-2-3-5-6-4;1-4-5-2-3-6-4;1-4-2-3-6-5-4;2*1-4-5-2-3-6-4;1-4-2-3-6-5-4;1-3-4-2-5-6-3;12*1-2/h2*2-5H,1H3;2*2-4H,1H3;6*1-2H3;2-3H2,1H3,(H,5,6);2-3H,1H3,(H,5,6);2*2-3H,1H3;2-3H2,1H3;2*2-3H,1H3;2H,1H3,(H,4,5,6);12*1-2H3. The first-order valence-electron chi connectivity index (χ1n) is 49.7. The number of aliphatic imine (C=N–C) groups is 2. The molecule has 148 heavy (non-hydrogen) atoms. The van der Waals surface area contributed by atoms with Gasteiger partial charge in [-0.1, -0.05) is 206 Å². The summed E-state index contributed by atoms with van der Waals surface area (Å²) in [6.07, 6.45) is 16.5. The number of para-hydroxylation sites is 3. The summed E-state index contributed by atoms with van der Waals surface area (Å²) in [5, 5.41) is 60.1. The van der Waals surface area contributed by atoms with Crippen molar-refractivity contribution in [3.8, 4) is 0 Å². The van der Waals surface area contributed by atoms with E-state index >= 15 is 0 Å². The van der Waals surface area contributed by atoms with Gasteiger partial charge in [-0.3, -0.25) is 35.1 Å². The Bertz CT molecular complexity index is 4740. The van der Waals surface area contributed by atoms with E-state index in [0.717, 1.165) is 130 Å². The van der Waals surface area contributed by atoms with Gasteiger partial charge in [0.1, 0.15) is 61.9 Å². The van der Waals surface area contributed by atoms with Gasteiger partial charge in [-0.15, -0.1) is 66.2 Å². The zero-order valence-corrected chi connectivity index (χ0v) is 104. The van der Waals surface area contributed by atoms with E-state index in [1.807, 2.05) is 366 Å². The molecule has 16 aromatic heterocycles. The Morgan fingerprint density at radius 3 is 1.11 bits per heavy atom. The molecule has 2 aromatic carbocycles. The van der Waals surface area contributed by atoms with Crippen LogP contribution in [0.15, 0.2) is 189 Å². The first-order valence-corrected chi connectivity index (χ1v) is 55.6. The third-order valence-electron chi connectivity index (χ3n) is 13.0. The van der Waals surface area contributed by atoms with E-state index < -0.39 is 0 Å². The molecule has 0 saturated carbocycles. The molecule has 0 spiro atoms.